The van der Waals surface area contributed by atoms with E-state index in [2.05, 4.69) is 140 Å². The number of hydrogen-bond acceptors (Lipinski definition) is 2. The predicted octanol–water partition coefficient (Wildman–Crippen LogP) is 8.74. The highest BCUT2D eigenvalue weighted by Crippen LogP contribution is 2.33. The van der Waals surface area contributed by atoms with E-state index in [-0.39, 0.29) is 0 Å². The maximum Gasteiger partial charge on any atom is 0.0408 e. The largest absolute Gasteiger partial charge is 0.345 e. The molecule has 2 heteroatoms. The van der Waals surface area contributed by atoms with Crippen molar-refractivity contribution in [3.63, 3.8) is 0 Å². The van der Waals surface area contributed by atoms with E-state index in [0.29, 0.717) is 0 Å². The summed E-state index contributed by atoms with van der Waals surface area (Å²) >= 11 is 4.68. The molecule has 0 radical (unpaired) electrons. The lowest BCUT2D eigenvalue weighted by Crippen LogP contribution is -2.08. The van der Waals surface area contributed by atoms with Gasteiger partial charge in [0.25, 0.3) is 0 Å². The normalized spacial score (nSPS) is 10.7. The first kappa shape index (κ1) is 21.1. The predicted molar refractivity (Wildman–Crippen MR) is 145 cm³/mol. The van der Waals surface area contributed by atoms with Crippen LogP contribution in [0.4, 0.5) is 11.4 Å². The van der Waals surface area contributed by atoms with E-state index in [1.165, 1.54) is 27.8 Å². The number of benzene rings is 5. The van der Waals surface area contributed by atoms with Gasteiger partial charge in [-0.1, -0.05) is 91.0 Å². The molecular weight excluding hydrogens is 418 g/mol. The Labute approximate surface area is 201 Å². The van der Waals surface area contributed by atoms with Crippen LogP contribution in [0.2, 0.25) is 0 Å². The first-order chi connectivity index (χ1) is 16.2. The quantitative estimate of drug-likeness (QED) is 0.266. The van der Waals surface area contributed by atoms with Crippen molar-refractivity contribution in [2.45, 2.75) is 4.90 Å². The summed E-state index contributed by atoms with van der Waals surface area (Å²) in [5.41, 5.74) is 9.48. The number of thiol groups is 1. The van der Waals surface area contributed by atoms with Crippen LogP contribution >= 0.6 is 12.6 Å². The third-order valence-electron chi connectivity index (χ3n) is 6.03. The van der Waals surface area contributed by atoms with Crippen LogP contribution in [-0.4, -0.2) is 7.05 Å². The van der Waals surface area contributed by atoms with Crippen molar-refractivity contribution in [1.29, 1.82) is 0 Å². The van der Waals surface area contributed by atoms with E-state index in [1.54, 1.807) is 0 Å². The summed E-state index contributed by atoms with van der Waals surface area (Å²) in [5.74, 6) is 0. The van der Waals surface area contributed by atoms with Crippen LogP contribution in [0.3, 0.4) is 0 Å². The summed E-state index contributed by atoms with van der Waals surface area (Å²) in [6.07, 6.45) is 0. The van der Waals surface area contributed by atoms with Crippen LogP contribution in [0.25, 0.3) is 33.4 Å². The monoisotopic (exact) mass is 443 g/mol. The Morgan fingerprint density at radius 2 is 0.879 bits per heavy atom. The van der Waals surface area contributed by atoms with Gasteiger partial charge in [-0.15, -0.1) is 12.6 Å². The smallest absolute Gasteiger partial charge is 0.0408 e. The zero-order valence-corrected chi connectivity index (χ0v) is 19.4. The third-order valence-corrected chi connectivity index (χ3v) is 6.42. The van der Waals surface area contributed by atoms with Gasteiger partial charge in [0.15, 0.2) is 0 Å². The minimum atomic E-state index is 0.986. The zero-order valence-electron chi connectivity index (χ0n) is 18.5. The van der Waals surface area contributed by atoms with E-state index in [0.717, 1.165) is 21.8 Å². The second kappa shape index (κ2) is 9.40. The summed E-state index contributed by atoms with van der Waals surface area (Å²) in [4.78, 5) is 3.20. The molecule has 5 rings (SSSR count). The van der Waals surface area contributed by atoms with E-state index >= 15 is 0 Å². The molecule has 33 heavy (non-hydrogen) atoms. The van der Waals surface area contributed by atoms with Gasteiger partial charge in [0.2, 0.25) is 0 Å². The molecule has 0 aliphatic rings. The SMILES string of the molecule is CN(c1ccc(-c2ccccc2)cc1)c1ccc(-c2ccc(S)c(-c3ccccc3)c2)cc1. The zero-order chi connectivity index (χ0) is 22.6. The summed E-state index contributed by atoms with van der Waals surface area (Å²) in [6.45, 7) is 0. The third kappa shape index (κ3) is 4.57. The number of anilines is 2. The van der Waals surface area contributed by atoms with Crippen LogP contribution < -0.4 is 4.90 Å². The Balaban J connectivity index is 1.38. The lowest BCUT2D eigenvalue weighted by molar-refractivity contribution is 1.21. The summed E-state index contributed by atoms with van der Waals surface area (Å²) in [5, 5.41) is 0. The van der Waals surface area contributed by atoms with Gasteiger partial charge in [-0.2, -0.15) is 0 Å². The minimum Gasteiger partial charge on any atom is -0.345 e. The molecule has 0 aromatic heterocycles. The van der Waals surface area contributed by atoms with Gasteiger partial charge in [0.1, 0.15) is 0 Å². The van der Waals surface area contributed by atoms with Crippen molar-refractivity contribution in [2.24, 2.45) is 0 Å². The van der Waals surface area contributed by atoms with E-state index in [4.69, 9.17) is 0 Å². The fourth-order valence-corrected chi connectivity index (χ4v) is 4.37. The summed E-state index contributed by atoms with van der Waals surface area (Å²) in [6, 6.07) is 44.8. The molecule has 0 N–H and O–H groups in total. The first-order valence-electron chi connectivity index (χ1n) is 11.1. The maximum atomic E-state index is 4.68. The Kier molecular flexibility index (Phi) is 6.01. The molecular formula is C31H25NS. The molecule has 0 saturated heterocycles. The minimum absolute atomic E-state index is 0.986. The second-order valence-electron chi connectivity index (χ2n) is 8.12. The molecule has 0 fully saturated rings. The molecule has 0 aliphatic carbocycles. The van der Waals surface area contributed by atoms with Crippen molar-refractivity contribution < 1.29 is 0 Å². The summed E-state index contributed by atoms with van der Waals surface area (Å²) in [7, 11) is 2.11. The standard InChI is InChI=1S/C31H25NS/c1-32(28-17-12-24(13-18-28)23-8-4-2-5-9-23)29-19-14-25(15-20-29)27-16-21-31(33)30(22-27)26-10-6-3-7-11-26/h2-22,33H,1H3. The molecule has 0 amide bonds. The molecule has 1 nitrogen and oxygen atoms in total. The number of nitrogens with zero attached hydrogens (tertiary/aromatic N) is 1. The van der Waals surface area contributed by atoms with E-state index < -0.39 is 0 Å². The van der Waals surface area contributed by atoms with Crippen molar-refractivity contribution in [2.75, 3.05) is 11.9 Å². The molecule has 0 saturated carbocycles. The fourth-order valence-electron chi connectivity index (χ4n) is 4.10. The Morgan fingerprint density at radius 1 is 0.455 bits per heavy atom. The first-order valence-corrected chi connectivity index (χ1v) is 11.5. The van der Waals surface area contributed by atoms with Crippen LogP contribution in [0, 0.1) is 0 Å². The Hall–Kier alpha value is -3.75. The lowest BCUT2D eigenvalue weighted by Gasteiger charge is -2.20. The van der Waals surface area contributed by atoms with Gasteiger partial charge in [-0.3, -0.25) is 0 Å². The van der Waals surface area contributed by atoms with Crippen LogP contribution in [0.15, 0.2) is 132 Å². The second-order valence-corrected chi connectivity index (χ2v) is 8.60. The Bertz CT molecular complexity index is 1340. The fraction of sp³-hybridized carbons (Fsp3) is 0.0323. The number of rotatable bonds is 5. The molecule has 0 spiro atoms. The molecule has 160 valence electrons. The molecule has 0 bridgehead atoms. The number of hydrogen-bond donors (Lipinski definition) is 1. The highest BCUT2D eigenvalue weighted by Gasteiger charge is 2.08. The average molecular weight is 444 g/mol. The molecule has 5 aromatic carbocycles. The van der Waals surface area contributed by atoms with Gasteiger partial charge in [-0.05, 0) is 69.8 Å². The van der Waals surface area contributed by atoms with Gasteiger partial charge in [-0.25, -0.2) is 0 Å². The highest BCUT2D eigenvalue weighted by atomic mass is 32.1. The summed E-state index contributed by atoms with van der Waals surface area (Å²) < 4.78 is 0. The lowest BCUT2D eigenvalue weighted by atomic mass is 9.98. The van der Waals surface area contributed by atoms with Crippen molar-refractivity contribution in [1.82, 2.24) is 0 Å². The molecule has 0 unspecified atom stereocenters. The molecule has 0 atom stereocenters. The van der Waals surface area contributed by atoms with E-state index in [1.807, 2.05) is 12.1 Å². The van der Waals surface area contributed by atoms with E-state index in [9.17, 15) is 0 Å². The van der Waals surface area contributed by atoms with Gasteiger partial charge < -0.3 is 4.90 Å². The molecule has 5 aromatic rings. The van der Waals surface area contributed by atoms with Crippen molar-refractivity contribution in [3.8, 4) is 33.4 Å². The van der Waals surface area contributed by atoms with Gasteiger partial charge in [0, 0.05) is 23.3 Å². The molecule has 0 aliphatic heterocycles. The average Bonchev–Trinajstić information content (AvgIpc) is 2.90. The maximum absolute atomic E-state index is 4.68. The molecule has 0 heterocycles. The Morgan fingerprint density at radius 3 is 1.42 bits per heavy atom. The van der Waals surface area contributed by atoms with Crippen LogP contribution in [0.1, 0.15) is 0 Å². The van der Waals surface area contributed by atoms with Crippen LogP contribution in [0.5, 0.6) is 0 Å². The highest BCUT2D eigenvalue weighted by molar-refractivity contribution is 7.80. The topological polar surface area (TPSA) is 3.24 Å². The van der Waals surface area contributed by atoms with Crippen molar-refractivity contribution in [3.05, 3.63) is 127 Å². The van der Waals surface area contributed by atoms with Crippen molar-refractivity contribution >= 4 is 24.0 Å². The van der Waals surface area contributed by atoms with Gasteiger partial charge in [0.05, 0.1) is 0 Å². The van der Waals surface area contributed by atoms with Crippen LogP contribution in [-0.2, 0) is 0 Å². The van der Waals surface area contributed by atoms with Gasteiger partial charge >= 0.3 is 0 Å².